The third-order valence-electron chi connectivity index (χ3n) is 5.51. The quantitative estimate of drug-likeness (QED) is 0.854. The van der Waals surface area contributed by atoms with Gasteiger partial charge in [0.1, 0.15) is 0 Å². The first-order valence-electron chi connectivity index (χ1n) is 9.48. The number of hydrogen-bond acceptors (Lipinski definition) is 4. The van der Waals surface area contributed by atoms with Gasteiger partial charge in [-0.15, -0.1) is 0 Å². The van der Waals surface area contributed by atoms with E-state index in [2.05, 4.69) is 9.88 Å². The number of fused-ring (bicyclic) bond motifs is 1. The molecular formula is C19H29F2N3O. The van der Waals surface area contributed by atoms with Crippen LogP contribution >= 0.6 is 0 Å². The second kappa shape index (κ2) is 8.90. The van der Waals surface area contributed by atoms with E-state index in [9.17, 15) is 8.78 Å². The SMILES string of the molecule is NC1CCC(CCN2CCc3ccc(OCC(F)F)nc3CC2)CC1. The van der Waals surface area contributed by atoms with E-state index in [1.165, 1.54) is 37.7 Å². The highest BCUT2D eigenvalue weighted by atomic mass is 19.3. The zero-order chi connectivity index (χ0) is 17.6. The molecule has 4 nitrogen and oxygen atoms in total. The summed E-state index contributed by atoms with van der Waals surface area (Å²) in [5, 5.41) is 0. The first kappa shape index (κ1) is 18.5. The Bertz CT molecular complexity index is 547. The number of halogens is 2. The van der Waals surface area contributed by atoms with Crippen molar-refractivity contribution < 1.29 is 13.5 Å². The Labute approximate surface area is 148 Å². The van der Waals surface area contributed by atoms with Gasteiger partial charge in [0.25, 0.3) is 6.43 Å². The van der Waals surface area contributed by atoms with Crippen LogP contribution in [-0.2, 0) is 12.8 Å². The highest BCUT2D eigenvalue weighted by Gasteiger charge is 2.21. The van der Waals surface area contributed by atoms with E-state index in [-0.39, 0.29) is 0 Å². The summed E-state index contributed by atoms with van der Waals surface area (Å²) >= 11 is 0. The van der Waals surface area contributed by atoms with Gasteiger partial charge in [0.05, 0.1) is 0 Å². The highest BCUT2D eigenvalue weighted by molar-refractivity contribution is 5.27. The maximum atomic E-state index is 12.3. The second-order valence-corrected chi connectivity index (χ2v) is 7.37. The molecule has 1 aliphatic heterocycles. The summed E-state index contributed by atoms with van der Waals surface area (Å²) in [6.45, 7) is 2.55. The van der Waals surface area contributed by atoms with Crippen LogP contribution in [0, 0.1) is 5.92 Å². The third-order valence-corrected chi connectivity index (χ3v) is 5.51. The number of aromatic nitrogens is 1. The molecule has 1 fully saturated rings. The molecule has 0 amide bonds. The zero-order valence-corrected chi connectivity index (χ0v) is 14.8. The largest absolute Gasteiger partial charge is 0.472 e. The summed E-state index contributed by atoms with van der Waals surface area (Å²) in [6, 6.07) is 4.11. The molecule has 0 radical (unpaired) electrons. The summed E-state index contributed by atoms with van der Waals surface area (Å²) in [5.41, 5.74) is 8.20. The monoisotopic (exact) mass is 353 g/mol. The van der Waals surface area contributed by atoms with Crippen molar-refractivity contribution in [1.29, 1.82) is 0 Å². The normalized spacial score (nSPS) is 24.8. The smallest absolute Gasteiger partial charge is 0.272 e. The van der Waals surface area contributed by atoms with Gasteiger partial charge in [-0.1, -0.05) is 6.07 Å². The lowest BCUT2D eigenvalue weighted by atomic mass is 9.84. The molecular weight excluding hydrogens is 324 g/mol. The molecule has 2 heterocycles. The number of hydrogen-bond donors (Lipinski definition) is 1. The molecule has 2 aliphatic rings. The Hall–Kier alpha value is -1.27. The minimum Gasteiger partial charge on any atom is -0.472 e. The van der Waals surface area contributed by atoms with E-state index in [1.807, 2.05) is 6.07 Å². The molecule has 0 saturated heterocycles. The van der Waals surface area contributed by atoms with E-state index in [1.54, 1.807) is 6.07 Å². The van der Waals surface area contributed by atoms with Crippen LogP contribution in [0.5, 0.6) is 5.88 Å². The maximum absolute atomic E-state index is 12.3. The lowest BCUT2D eigenvalue weighted by Gasteiger charge is -2.28. The fourth-order valence-corrected chi connectivity index (χ4v) is 3.90. The molecule has 1 aromatic rings. The number of ether oxygens (including phenoxy) is 1. The number of alkyl halides is 2. The van der Waals surface area contributed by atoms with Gasteiger partial charge in [0, 0.05) is 37.3 Å². The third kappa shape index (κ3) is 5.61. The molecule has 1 aliphatic carbocycles. The van der Waals surface area contributed by atoms with Gasteiger partial charge < -0.3 is 15.4 Å². The number of nitrogens with two attached hydrogens (primary N) is 1. The van der Waals surface area contributed by atoms with Crippen molar-refractivity contribution in [3.05, 3.63) is 23.4 Å². The molecule has 1 aromatic heterocycles. The van der Waals surface area contributed by atoms with Gasteiger partial charge >= 0.3 is 0 Å². The van der Waals surface area contributed by atoms with Crippen LogP contribution < -0.4 is 10.5 Å². The first-order valence-corrected chi connectivity index (χ1v) is 9.48. The van der Waals surface area contributed by atoms with Crippen LogP contribution in [0.4, 0.5) is 8.78 Å². The molecule has 3 rings (SSSR count). The predicted octanol–water partition coefficient (Wildman–Crippen LogP) is 3.03. The molecule has 140 valence electrons. The van der Waals surface area contributed by atoms with Crippen molar-refractivity contribution in [3.63, 3.8) is 0 Å². The summed E-state index contributed by atoms with van der Waals surface area (Å²) in [4.78, 5) is 6.95. The average Bonchev–Trinajstić information content (AvgIpc) is 2.81. The zero-order valence-electron chi connectivity index (χ0n) is 14.8. The van der Waals surface area contributed by atoms with Crippen molar-refractivity contribution in [2.45, 2.75) is 57.4 Å². The van der Waals surface area contributed by atoms with Crippen molar-refractivity contribution in [2.75, 3.05) is 26.2 Å². The minimum atomic E-state index is -2.47. The van der Waals surface area contributed by atoms with Crippen LogP contribution in [0.1, 0.15) is 43.4 Å². The number of pyridine rings is 1. The van der Waals surface area contributed by atoms with Crippen molar-refractivity contribution in [2.24, 2.45) is 11.7 Å². The van der Waals surface area contributed by atoms with Crippen molar-refractivity contribution >= 4 is 0 Å². The fraction of sp³-hybridized carbons (Fsp3) is 0.737. The summed E-state index contributed by atoms with van der Waals surface area (Å²) in [5.74, 6) is 1.13. The van der Waals surface area contributed by atoms with Crippen LogP contribution in [0.3, 0.4) is 0 Å². The lowest BCUT2D eigenvalue weighted by molar-refractivity contribution is 0.0794. The molecule has 0 unspecified atom stereocenters. The molecule has 6 heteroatoms. The summed E-state index contributed by atoms with van der Waals surface area (Å²) < 4.78 is 29.6. The molecule has 0 atom stereocenters. The summed E-state index contributed by atoms with van der Waals surface area (Å²) in [6.07, 6.45) is 5.47. The number of nitrogens with zero attached hydrogens (tertiary/aromatic N) is 2. The van der Waals surface area contributed by atoms with Crippen LogP contribution in [0.25, 0.3) is 0 Å². The van der Waals surface area contributed by atoms with Crippen molar-refractivity contribution in [3.8, 4) is 5.88 Å². The average molecular weight is 353 g/mol. The van der Waals surface area contributed by atoms with Gasteiger partial charge in [-0.3, -0.25) is 0 Å². The topological polar surface area (TPSA) is 51.4 Å². The lowest BCUT2D eigenvalue weighted by Crippen LogP contribution is -2.31. The molecule has 0 spiro atoms. The van der Waals surface area contributed by atoms with Gasteiger partial charge in [-0.25, -0.2) is 13.8 Å². The van der Waals surface area contributed by atoms with E-state index >= 15 is 0 Å². The maximum Gasteiger partial charge on any atom is 0.272 e. The molecule has 0 aromatic carbocycles. The van der Waals surface area contributed by atoms with Gasteiger partial charge in [0.15, 0.2) is 6.61 Å². The molecule has 25 heavy (non-hydrogen) atoms. The number of rotatable bonds is 6. The van der Waals surface area contributed by atoms with Gasteiger partial charge in [-0.2, -0.15) is 0 Å². The summed E-state index contributed by atoms with van der Waals surface area (Å²) in [7, 11) is 0. The van der Waals surface area contributed by atoms with E-state index in [4.69, 9.17) is 10.5 Å². The van der Waals surface area contributed by atoms with E-state index in [0.29, 0.717) is 11.9 Å². The Kier molecular flexibility index (Phi) is 6.59. The fourth-order valence-electron chi connectivity index (χ4n) is 3.90. The van der Waals surface area contributed by atoms with Gasteiger partial charge in [0.2, 0.25) is 5.88 Å². The van der Waals surface area contributed by atoms with E-state index < -0.39 is 13.0 Å². The van der Waals surface area contributed by atoms with Crippen LogP contribution in [0.2, 0.25) is 0 Å². The molecule has 0 bridgehead atoms. The van der Waals surface area contributed by atoms with Gasteiger partial charge in [-0.05, 0) is 56.6 Å². The molecule has 1 saturated carbocycles. The first-order chi connectivity index (χ1) is 12.1. The standard InChI is InChI=1S/C19H29F2N3O/c20-18(21)13-25-19-6-3-15-8-11-24(12-9-17(15)23-19)10-7-14-1-4-16(22)5-2-14/h3,6,14,16,18H,1-2,4-5,7-13,22H2. The minimum absolute atomic E-state index is 0.311. The molecule has 2 N–H and O–H groups in total. The Morgan fingerprint density at radius 2 is 1.92 bits per heavy atom. The van der Waals surface area contributed by atoms with E-state index in [0.717, 1.165) is 44.1 Å². The second-order valence-electron chi connectivity index (χ2n) is 7.37. The Morgan fingerprint density at radius 3 is 2.68 bits per heavy atom. The predicted molar refractivity (Wildman–Crippen MR) is 94.1 cm³/mol. The van der Waals surface area contributed by atoms with Crippen molar-refractivity contribution in [1.82, 2.24) is 9.88 Å². The van der Waals surface area contributed by atoms with Crippen LogP contribution in [-0.4, -0.2) is 48.6 Å². The Morgan fingerprint density at radius 1 is 1.16 bits per heavy atom. The Balaban J connectivity index is 1.48. The van der Waals surface area contributed by atoms with Crippen LogP contribution in [0.15, 0.2) is 12.1 Å². The highest BCUT2D eigenvalue weighted by Crippen LogP contribution is 2.26.